The first-order valence-corrected chi connectivity index (χ1v) is 8.62. The van der Waals surface area contributed by atoms with Crippen molar-refractivity contribution in [2.75, 3.05) is 6.54 Å². The van der Waals surface area contributed by atoms with Crippen LogP contribution in [-0.4, -0.2) is 21.7 Å². The van der Waals surface area contributed by atoms with Gasteiger partial charge < -0.3 is 10.2 Å². The van der Waals surface area contributed by atoms with Gasteiger partial charge in [0.05, 0.1) is 0 Å². The zero-order valence-electron chi connectivity index (χ0n) is 15.5. The molecule has 2 aromatic carbocycles. The van der Waals surface area contributed by atoms with E-state index >= 15 is 0 Å². The number of hydrogen-bond donors (Lipinski definition) is 2. The van der Waals surface area contributed by atoms with Gasteiger partial charge in [0.2, 0.25) is 0 Å². The summed E-state index contributed by atoms with van der Waals surface area (Å²) in [4.78, 5) is 2.28. The lowest BCUT2D eigenvalue weighted by molar-refractivity contribution is 0.250. The summed E-state index contributed by atoms with van der Waals surface area (Å²) >= 11 is 0. The standard InChI is InChI=1S/C21H29NO2/c1-6-7-22(12-18-10-14(2)8-16(4)20(18)23)13-19-11-15(3)9-17(5)21(19)24/h8-11,23-24H,6-7,12-13H2,1-5H3. The maximum atomic E-state index is 10.4. The molecule has 2 aromatic rings. The number of phenols is 2. The van der Waals surface area contributed by atoms with E-state index in [4.69, 9.17) is 0 Å². The lowest BCUT2D eigenvalue weighted by Gasteiger charge is -2.24. The lowest BCUT2D eigenvalue weighted by Crippen LogP contribution is -2.24. The molecule has 3 heteroatoms. The van der Waals surface area contributed by atoms with Crippen LogP contribution in [0.2, 0.25) is 0 Å². The number of nitrogens with zero attached hydrogens (tertiary/aromatic N) is 1. The van der Waals surface area contributed by atoms with E-state index in [1.165, 1.54) is 0 Å². The highest BCUT2D eigenvalue weighted by molar-refractivity contribution is 5.44. The van der Waals surface area contributed by atoms with Crippen LogP contribution in [0.15, 0.2) is 24.3 Å². The molecule has 24 heavy (non-hydrogen) atoms. The van der Waals surface area contributed by atoms with Gasteiger partial charge in [0.15, 0.2) is 0 Å². The van der Waals surface area contributed by atoms with Gasteiger partial charge in [-0.3, -0.25) is 4.90 Å². The molecular formula is C21H29NO2. The first-order chi connectivity index (χ1) is 11.3. The molecule has 0 radical (unpaired) electrons. The minimum Gasteiger partial charge on any atom is -0.507 e. The van der Waals surface area contributed by atoms with Crippen molar-refractivity contribution in [2.24, 2.45) is 0 Å². The maximum Gasteiger partial charge on any atom is 0.122 e. The lowest BCUT2D eigenvalue weighted by atomic mass is 10.0. The SMILES string of the molecule is CCCN(Cc1cc(C)cc(C)c1O)Cc1cc(C)cc(C)c1O. The smallest absolute Gasteiger partial charge is 0.122 e. The van der Waals surface area contributed by atoms with E-state index in [0.717, 1.165) is 46.3 Å². The van der Waals surface area contributed by atoms with Crippen LogP contribution in [0.25, 0.3) is 0 Å². The second kappa shape index (κ2) is 7.71. The molecule has 0 fully saturated rings. The van der Waals surface area contributed by atoms with E-state index in [9.17, 15) is 10.2 Å². The van der Waals surface area contributed by atoms with Gasteiger partial charge in [-0.2, -0.15) is 0 Å². The van der Waals surface area contributed by atoms with Gasteiger partial charge in [-0.25, -0.2) is 0 Å². The molecule has 0 bridgehead atoms. The monoisotopic (exact) mass is 327 g/mol. The summed E-state index contributed by atoms with van der Waals surface area (Å²) in [6, 6.07) is 8.09. The normalized spacial score (nSPS) is 11.2. The fourth-order valence-corrected chi connectivity index (χ4v) is 3.35. The Morgan fingerprint density at radius 2 is 1.17 bits per heavy atom. The molecule has 0 aromatic heterocycles. The third-order valence-corrected chi connectivity index (χ3v) is 4.38. The van der Waals surface area contributed by atoms with Crippen molar-refractivity contribution in [3.8, 4) is 11.5 Å². The van der Waals surface area contributed by atoms with Crippen LogP contribution in [0.1, 0.15) is 46.7 Å². The predicted molar refractivity (Wildman–Crippen MR) is 99.6 cm³/mol. The fourth-order valence-electron chi connectivity index (χ4n) is 3.35. The molecule has 2 N–H and O–H groups in total. The van der Waals surface area contributed by atoms with Gasteiger partial charge in [0.1, 0.15) is 11.5 Å². The molecule has 0 aliphatic rings. The molecule has 0 amide bonds. The first-order valence-electron chi connectivity index (χ1n) is 8.62. The maximum absolute atomic E-state index is 10.4. The van der Waals surface area contributed by atoms with Crippen LogP contribution in [0.5, 0.6) is 11.5 Å². The minimum atomic E-state index is 0.381. The minimum absolute atomic E-state index is 0.381. The number of aromatic hydroxyl groups is 2. The summed E-state index contributed by atoms with van der Waals surface area (Å²) in [5.74, 6) is 0.762. The Morgan fingerprint density at radius 1 is 0.750 bits per heavy atom. The zero-order valence-corrected chi connectivity index (χ0v) is 15.5. The predicted octanol–water partition coefficient (Wildman–Crippen LogP) is 4.74. The number of aryl methyl sites for hydroxylation is 4. The number of benzene rings is 2. The molecule has 0 aliphatic heterocycles. The summed E-state index contributed by atoms with van der Waals surface area (Å²) in [5.41, 5.74) is 6.04. The zero-order chi connectivity index (χ0) is 17.9. The average molecular weight is 327 g/mol. The van der Waals surface area contributed by atoms with E-state index < -0.39 is 0 Å². The van der Waals surface area contributed by atoms with E-state index in [1.54, 1.807) is 0 Å². The van der Waals surface area contributed by atoms with Gasteiger partial charge >= 0.3 is 0 Å². The highest BCUT2D eigenvalue weighted by Gasteiger charge is 2.14. The number of phenolic OH excluding ortho intramolecular Hbond substituents is 2. The topological polar surface area (TPSA) is 43.7 Å². The Hall–Kier alpha value is -2.00. The van der Waals surface area contributed by atoms with Crippen molar-refractivity contribution in [2.45, 2.75) is 54.1 Å². The van der Waals surface area contributed by atoms with Crippen LogP contribution < -0.4 is 0 Å². The van der Waals surface area contributed by atoms with Crippen molar-refractivity contribution in [1.29, 1.82) is 0 Å². The second-order valence-electron chi connectivity index (χ2n) is 6.89. The summed E-state index contributed by atoms with van der Waals surface area (Å²) in [6.07, 6.45) is 1.02. The second-order valence-corrected chi connectivity index (χ2v) is 6.89. The molecule has 2 rings (SSSR count). The third kappa shape index (κ3) is 4.30. The van der Waals surface area contributed by atoms with Crippen molar-refractivity contribution >= 4 is 0 Å². The van der Waals surface area contributed by atoms with Crippen LogP contribution in [0.3, 0.4) is 0 Å². The van der Waals surface area contributed by atoms with Crippen LogP contribution in [0, 0.1) is 27.7 Å². The Morgan fingerprint density at radius 3 is 1.54 bits per heavy atom. The summed E-state index contributed by atoms with van der Waals surface area (Å²) in [5, 5.41) is 20.7. The van der Waals surface area contributed by atoms with Gasteiger partial charge in [0, 0.05) is 24.2 Å². The van der Waals surface area contributed by atoms with Gasteiger partial charge in [0.25, 0.3) is 0 Å². The average Bonchev–Trinajstić information content (AvgIpc) is 2.49. The van der Waals surface area contributed by atoms with Crippen molar-refractivity contribution in [3.63, 3.8) is 0 Å². The van der Waals surface area contributed by atoms with Crippen molar-refractivity contribution in [1.82, 2.24) is 4.90 Å². The largest absolute Gasteiger partial charge is 0.507 e. The first kappa shape index (κ1) is 18.3. The highest BCUT2D eigenvalue weighted by Crippen LogP contribution is 2.28. The van der Waals surface area contributed by atoms with E-state index in [2.05, 4.69) is 25.7 Å². The van der Waals surface area contributed by atoms with Crippen LogP contribution in [-0.2, 0) is 13.1 Å². The van der Waals surface area contributed by atoms with Crippen molar-refractivity contribution < 1.29 is 10.2 Å². The van der Waals surface area contributed by atoms with Crippen LogP contribution >= 0.6 is 0 Å². The third-order valence-electron chi connectivity index (χ3n) is 4.38. The molecule has 0 saturated carbocycles. The van der Waals surface area contributed by atoms with E-state index in [1.807, 2.05) is 38.1 Å². The molecule has 0 heterocycles. The summed E-state index contributed by atoms with van der Waals surface area (Å²) < 4.78 is 0. The summed E-state index contributed by atoms with van der Waals surface area (Å²) in [6.45, 7) is 12.4. The van der Waals surface area contributed by atoms with Gasteiger partial charge in [-0.1, -0.05) is 42.3 Å². The number of rotatable bonds is 6. The van der Waals surface area contributed by atoms with E-state index in [0.29, 0.717) is 24.6 Å². The molecule has 0 spiro atoms. The molecule has 0 aliphatic carbocycles. The fraction of sp³-hybridized carbons (Fsp3) is 0.429. The molecule has 130 valence electrons. The number of hydrogen-bond acceptors (Lipinski definition) is 3. The Bertz CT molecular complexity index is 663. The van der Waals surface area contributed by atoms with Gasteiger partial charge in [-0.15, -0.1) is 0 Å². The van der Waals surface area contributed by atoms with E-state index in [-0.39, 0.29) is 0 Å². The summed E-state index contributed by atoms with van der Waals surface area (Å²) in [7, 11) is 0. The molecule has 3 nitrogen and oxygen atoms in total. The van der Waals surface area contributed by atoms with Gasteiger partial charge in [-0.05, 0) is 51.8 Å². The molecule has 0 atom stereocenters. The molecule has 0 unspecified atom stereocenters. The Balaban J connectivity index is 2.28. The van der Waals surface area contributed by atoms with Crippen molar-refractivity contribution in [3.05, 3.63) is 57.6 Å². The Labute approximate surface area is 145 Å². The highest BCUT2D eigenvalue weighted by atomic mass is 16.3. The molecular weight excluding hydrogens is 298 g/mol. The Kier molecular flexibility index (Phi) is 5.89. The van der Waals surface area contributed by atoms with Crippen LogP contribution in [0.4, 0.5) is 0 Å². The molecule has 0 saturated heterocycles. The quantitative estimate of drug-likeness (QED) is 0.805.